The van der Waals surface area contributed by atoms with Crippen molar-refractivity contribution in [3.8, 4) is 0 Å². The Balaban J connectivity index is 2.25. The van der Waals surface area contributed by atoms with Crippen LogP contribution in [0.3, 0.4) is 0 Å². The molecule has 1 aromatic rings. The van der Waals surface area contributed by atoms with Gasteiger partial charge in [-0.05, 0) is 13.8 Å². The van der Waals surface area contributed by atoms with Crippen LogP contribution >= 0.6 is 23.1 Å². The second-order valence-corrected chi connectivity index (χ2v) is 4.61. The van der Waals surface area contributed by atoms with Gasteiger partial charge < -0.3 is 9.47 Å². The smallest absolute Gasteiger partial charge is 0.166 e. The predicted octanol–water partition coefficient (Wildman–Crippen LogP) is 2.63. The molecule has 1 rings (SSSR count). The van der Waals surface area contributed by atoms with Crippen molar-refractivity contribution < 1.29 is 9.47 Å². The van der Waals surface area contributed by atoms with Crippen LogP contribution in [-0.4, -0.2) is 30.2 Å². The molecule has 0 unspecified atom stereocenters. The minimum Gasteiger partial charge on any atom is -0.352 e. The molecule has 0 N–H and O–H groups in total. The average Bonchev–Trinajstić information content (AvgIpc) is 2.67. The van der Waals surface area contributed by atoms with Crippen molar-refractivity contribution in [3.05, 3.63) is 11.6 Å². The summed E-state index contributed by atoms with van der Waals surface area (Å²) in [5.41, 5.74) is 0. The minimum absolute atomic E-state index is 0.112. The lowest BCUT2D eigenvalue weighted by Gasteiger charge is -2.15. The molecular formula is C9H15NO2S2. The number of thiazole rings is 1. The SMILES string of the molecule is CCOC(CSc1nccs1)OCC. The largest absolute Gasteiger partial charge is 0.352 e. The molecule has 1 aromatic heterocycles. The first-order valence-corrected chi connectivity index (χ1v) is 6.48. The minimum atomic E-state index is -0.112. The molecule has 5 heteroatoms. The first-order chi connectivity index (χ1) is 6.86. The van der Waals surface area contributed by atoms with E-state index in [1.165, 1.54) is 0 Å². The topological polar surface area (TPSA) is 31.4 Å². The molecule has 14 heavy (non-hydrogen) atoms. The van der Waals surface area contributed by atoms with Crippen molar-refractivity contribution in [1.82, 2.24) is 4.98 Å². The Morgan fingerprint density at radius 3 is 2.64 bits per heavy atom. The summed E-state index contributed by atoms with van der Waals surface area (Å²) in [4.78, 5) is 4.18. The maximum Gasteiger partial charge on any atom is 0.166 e. The normalized spacial score (nSPS) is 11.1. The van der Waals surface area contributed by atoms with Crippen molar-refractivity contribution in [2.75, 3.05) is 19.0 Å². The summed E-state index contributed by atoms with van der Waals surface area (Å²) in [6.45, 7) is 5.31. The summed E-state index contributed by atoms with van der Waals surface area (Å²) in [5, 5.41) is 1.97. The monoisotopic (exact) mass is 233 g/mol. The van der Waals surface area contributed by atoms with Gasteiger partial charge in [0.15, 0.2) is 6.29 Å². The molecule has 0 aliphatic carbocycles. The third kappa shape index (κ3) is 4.41. The van der Waals surface area contributed by atoms with E-state index in [1.807, 2.05) is 25.4 Å². The molecule has 0 saturated carbocycles. The molecule has 0 saturated heterocycles. The van der Waals surface area contributed by atoms with Gasteiger partial charge in [-0.25, -0.2) is 4.98 Å². The molecule has 0 aliphatic rings. The van der Waals surface area contributed by atoms with E-state index in [0.717, 1.165) is 10.1 Å². The number of thioether (sulfide) groups is 1. The summed E-state index contributed by atoms with van der Waals surface area (Å²) in [6.07, 6.45) is 1.70. The van der Waals surface area contributed by atoms with E-state index in [9.17, 15) is 0 Å². The molecule has 3 nitrogen and oxygen atoms in total. The molecule has 0 atom stereocenters. The number of ether oxygens (including phenoxy) is 2. The number of nitrogens with zero attached hydrogens (tertiary/aromatic N) is 1. The summed E-state index contributed by atoms with van der Waals surface area (Å²) >= 11 is 3.31. The molecule has 0 aliphatic heterocycles. The van der Waals surface area contributed by atoms with Crippen LogP contribution < -0.4 is 0 Å². The van der Waals surface area contributed by atoms with Gasteiger partial charge in [0, 0.05) is 24.8 Å². The molecule has 0 bridgehead atoms. The van der Waals surface area contributed by atoms with Crippen LogP contribution in [0, 0.1) is 0 Å². The third-order valence-electron chi connectivity index (χ3n) is 1.46. The Hall–Kier alpha value is -0.100. The van der Waals surface area contributed by atoms with Crippen LogP contribution in [0.15, 0.2) is 15.9 Å². The first-order valence-electron chi connectivity index (χ1n) is 4.62. The Morgan fingerprint density at radius 1 is 1.43 bits per heavy atom. The van der Waals surface area contributed by atoms with Gasteiger partial charge in [0.05, 0.1) is 5.75 Å². The van der Waals surface area contributed by atoms with Crippen LogP contribution in [0.1, 0.15) is 13.8 Å². The Kier molecular flexibility index (Phi) is 6.18. The van der Waals surface area contributed by atoms with Gasteiger partial charge in [-0.1, -0.05) is 11.8 Å². The number of hydrogen-bond donors (Lipinski definition) is 0. The molecular weight excluding hydrogens is 218 g/mol. The number of hydrogen-bond acceptors (Lipinski definition) is 5. The number of rotatable bonds is 7. The first kappa shape index (κ1) is 12.0. The van der Waals surface area contributed by atoms with E-state index < -0.39 is 0 Å². The Morgan fingerprint density at radius 2 is 2.14 bits per heavy atom. The quantitative estimate of drug-likeness (QED) is 0.535. The average molecular weight is 233 g/mol. The van der Waals surface area contributed by atoms with Crippen molar-refractivity contribution >= 4 is 23.1 Å². The zero-order chi connectivity index (χ0) is 10.2. The van der Waals surface area contributed by atoms with Crippen LogP contribution in [0.25, 0.3) is 0 Å². The molecule has 1 heterocycles. The van der Waals surface area contributed by atoms with E-state index in [1.54, 1.807) is 23.1 Å². The maximum atomic E-state index is 5.41. The summed E-state index contributed by atoms with van der Waals surface area (Å²) in [6, 6.07) is 0. The lowest BCUT2D eigenvalue weighted by molar-refractivity contribution is -0.120. The Bertz CT molecular complexity index is 223. The van der Waals surface area contributed by atoms with Gasteiger partial charge in [0.2, 0.25) is 0 Å². The zero-order valence-electron chi connectivity index (χ0n) is 8.43. The highest BCUT2D eigenvalue weighted by atomic mass is 32.2. The second-order valence-electron chi connectivity index (χ2n) is 2.45. The van der Waals surface area contributed by atoms with Gasteiger partial charge in [-0.3, -0.25) is 0 Å². The highest BCUT2D eigenvalue weighted by Crippen LogP contribution is 2.21. The van der Waals surface area contributed by atoms with Gasteiger partial charge in [-0.2, -0.15) is 0 Å². The maximum absolute atomic E-state index is 5.41. The zero-order valence-corrected chi connectivity index (χ0v) is 10.1. The van der Waals surface area contributed by atoms with Crippen molar-refractivity contribution in [2.24, 2.45) is 0 Å². The molecule has 0 amide bonds. The molecule has 0 aromatic carbocycles. The summed E-state index contributed by atoms with van der Waals surface area (Å²) < 4.78 is 11.9. The predicted molar refractivity (Wildman–Crippen MR) is 59.9 cm³/mol. The van der Waals surface area contributed by atoms with Crippen LogP contribution in [0.5, 0.6) is 0 Å². The fourth-order valence-corrected chi connectivity index (χ4v) is 2.55. The van der Waals surface area contributed by atoms with Crippen LogP contribution in [0.4, 0.5) is 0 Å². The molecule has 0 spiro atoms. The lowest BCUT2D eigenvalue weighted by Crippen LogP contribution is -2.19. The highest BCUT2D eigenvalue weighted by molar-refractivity contribution is 8.01. The van der Waals surface area contributed by atoms with Crippen LogP contribution in [-0.2, 0) is 9.47 Å². The van der Waals surface area contributed by atoms with E-state index in [0.29, 0.717) is 13.2 Å². The van der Waals surface area contributed by atoms with E-state index >= 15 is 0 Å². The van der Waals surface area contributed by atoms with Crippen LogP contribution in [0.2, 0.25) is 0 Å². The standard InChI is InChI=1S/C9H15NO2S2/c1-3-11-8(12-4-2)7-14-9-10-5-6-13-9/h5-6,8H,3-4,7H2,1-2H3. The fourth-order valence-electron chi connectivity index (χ4n) is 0.937. The van der Waals surface area contributed by atoms with Crippen molar-refractivity contribution in [3.63, 3.8) is 0 Å². The van der Waals surface area contributed by atoms with E-state index in [4.69, 9.17) is 9.47 Å². The summed E-state index contributed by atoms with van der Waals surface area (Å²) in [7, 11) is 0. The van der Waals surface area contributed by atoms with E-state index in [2.05, 4.69) is 4.98 Å². The van der Waals surface area contributed by atoms with Gasteiger partial charge in [0.25, 0.3) is 0 Å². The van der Waals surface area contributed by atoms with Gasteiger partial charge in [0.1, 0.15) is 4.34 Å². The Labute approximate surface area is 92.8 Å². The van der Waals surface area contributed by atoms with Crippen molar-refractivity contribution in [1.29, 1.82) is 0 Å². The summed E-state index contributed by atoms with van der Waals surface area (Å²) in [5.74, 6) is 0.801. The fraction of sp³-hybridized carbons (Fsp3) is 0.667. The van der Waals surface area contributed by atoms with Gasteiger partial charge in [-0.15, -0.1) is 11.3 Å². The highest BCUT2D eigenvalue weighted by Gasteiger charge is 2.09. The molecule has 0 fully saturated rings. The van der Waals surface area contributed by atoms with Gasteiger partial charge >= 0.3 is 0 Å². The molecule has 80 valence electrons. The van der Waals surface area contributed by atoms with Crippen molar-refractivity contribution in [2.45, 2.75) is 24.5 Å². The number of aromatic nitrogens is 1. The third-order valence-corrected chi connectivity index (χ3v) is 3.46. The van der Waals surface area contributed by atoms with E-state index in [-0.39, 0.29) is 6.29 Å². The lowest BCUT2D eigenvalue weighted by atomic mass is 10.7. The second kappa shape index (κ2) is 7.23. The molecule has 0 radical (unpaired) electrons.